The smallest absolute Gasteiger partial charge is 0.288 e. The highest BCUT2D eigenvalue weighted by molar-refractivity contribution is 7.99. The second kappa shape index (κ2) is 7.90. The van der Waals surface area contributed by atoms with Crippen LogP contribution in [0.1, 0.15) is 18.4 Å². The van der Waals surface area contributed by atoms with Gasteiger partial charge >= 0.3 is 0 Å². The van der Waals surface area contributed by atoms with E-state index in [1.165, 1.54) is 0 Å². The second-order valence-electron chi connectivity index (χ2n) is 5.55. The first-order chi connectivity index (χ1) is 11.6. The van der Waals surface area contributed by atoms with Gasteiger partial charge in [0, 0.05) is 35.6 Å². The van der Waals surface area contributed by atoms with Crippen molar-refractivity contribution in [1.29, 1.82) is 0 Å². The average Bonchev–Trinajstić information content (AvgIpc) is 3.40. The Balaban J connectivity index is 1.63. The van der Waals surface area contributed by atoms with E-state index in [0.29, 0.717) is 27.8 Å². The number of alkyl halides is 2. The Morgan fingerprint density at radius 2 is 1.88 bits per heavy atom. The summed E-state index contributed by atoms with van der Waals surface area (Å²) in [6, 6.07) is 11.3. The molecule has 3 rings (SSSR count). The summed E-state index contributed by atoms with van der Waals surface area (Å²) in [5, 5.41) is 3.87. The number of pyridine rings is 1. The van der Waals surface area contributed by atoms with Gasteiger partial charge in [-0.25, -0.2) is 0 Å². The molecule has 1 fully saturated rings. The molecule has 0 radical (unpaired) electrons. The predicted octanol–water partition coefficient (Wildman–Crippen LogP) is 4.76. The van der Waals surface area contributed by atoms with Crippen molar-refractivity contribution in [3.63, 3.8) is 0 Å². The van der Waals surface area contributed by atoms with E-state index in [1.54, 1.807) is 36.7 Å². The summed E-state index contributed by atoms with van der Waals surface area (Å²) in [6.07, 6.45) is 5.82. The zero-order valence-corrected chi connectivity index (χ0v) is 14.5. The van der Waals surface area contributed by atoms with Crippen LogP contribution in [0.5, 0.6) is 0 Å². The lowest BCUT2D eigenvalue weighted by Gasteiger charge is -2.26. The van der Waals surface area contributed by atoms with Crippen LogP contribution in [0.25, 0.3) is 0 Å². The number of thiocarbonyl (C=S) groups is 1. The quantitative estimate of drug-likeness (QED) is 0.589. The lowest BCUT2D eigenvalue weighted by molar-refractivity contribution is 0.252. The van der Waals surface area contributed by atoms with Crippen molar-refractivity contribution in [2.45, 2.75) is 36.1 Å². The number of thioether (sulfide) groups is 1. The van der Waals surface area contributed by atoms with Crippen LogP contribution in [0.15, 0.2) is 53.7 Å². The first kappa shape index (κ1) is 17.1. The topological polar surface area (TPSA) is 28.2 Å². The maximum atomic E-state index is 12.4. The van der Waals surface area contributed by atoms with Crippen molar-refractivity contribution in [2.24, 2.45) is 0 Å². The monoisotopic (exact) mass is 365 g/mol. The highest BCUT2D eigenvalue weighted by Crippen LogP contribution is 2.30. The summed E-state index contributed by atoms with van der Waals surface area (Å²) in [6.45, 7) is 0.734. The molecule has 0 bridgehead atoms. The van der Waals surface area contributed by atoms with Crippen LogP contribution in [0.4, 0.5) is 14.5 Å². The number of anilines is 1. The van der Waals surface area contributed by atoms with E-state index in [4.69, 9.17) is 12.2 Å². The van der Waals surface area contributed by atoms with E-state index in [-0.39, 0.29) is 0 Å². The Morgan fingerprint density at radius 1 is 1.21 bits per heavy atom. The summed E-state index contributed by atoms with van der Waals surface area (Å²) >= 11 is 6.09. The lowest BCUT2D eigenvalue weighted by atomic mass is 10.2. The molecule has 1 aromatic carbocycles. The molecule has 0 aliphatic heterocycles. The molecule has 0 spiro atoms. The number of nitrogens with zero attached hydrogens (tertiary/aromatic N) is 2. The zero-order valence-electron chi connectivity index (χ0n) is 12.9. The number of hydrogen-bond acceptors (Lipinski definition) is 3. The standard InChI is InChI=1S/C17H17F2N3S2/c18-16(19)24-15-5-1-13(2-6-15)21-17(23)22(14-3-4-14)11-12-7-9-20-10-8-12/h1-2,5-10,14,16H,3-4,11H2,(H,21,23). The maximum absolute atomic E-state index is 12.4. The molecule has 1 N–H and O–H groups in total. The van der Waals surface area contributed by atoms with Crippen LogP contribution in [0.3, 0.4) is 0 Å². The summed E-state index contributed by atoms with van der Waals surface area (Å²) in [5.41, 5.74) is 1.96. The first-order valence-electron chi connectivity index (χ1n) is 7.63. The van der Waals surface area contributed by atoms with E-state index < -0.39 is 5.76 Å². The van der Waals surface area contributed by atoms with Gasteiger partial charge in [0.1, 0.15) is 0 Å². The third-order valence-electron chi connectivity index (χ3n) is 3.68. The molecule has 1 heterocycles. The maximum Gasteiger partial charge on any atom is 0.288 e. The van der Waals surface area contributed by atoms with Gasteiger partial charge in [0.2, 0.25) is 0 Å². The minimum Gasteiger partial charge on any atom is -0.342 e. The van der Waals surface area contributed by atoms with Gasteiger partial charge in [-0.2, -0.15) is 8.78 Å². The Bertz CT molecular complexity index is 676. The van der Waals surface area contributed by atoms with Crippen molar-refractivity contribution < 1.29 is 8.78 Å². The van der Waals surface area contributed by atoms with E-state index in [1.807, 2.05) is 12.1 Å². The van der Waals surface area contributed by atoms with Gasteiger partial charge in [-0.05, 0) is 67.0 Å². The molecule has 24 heavy (non-hydrogen) atoms. The van der Waals surface area contributed by atoms with Gasteiger partial charge in [0.25, 0.3) is 5.76 Å². The third-order valence-corrected chi connectivity index (χ3v) is 4.74. The number of nitrogens with one attached hydrogen (secondary N) is 1. The van der Waals surface area contributed by atoms with E-state index in [2.05, 4.69) is 15.2 Å². The third kappa shape index (κ3) is 4.88. The Kier molecular flexibility index (Phi) is 5.63. The van der Waals surface area contributed by atoms with Crippen molar-refractivity contribution in [2.75, 3.05) is 5.32 Å². The Hall–Kier alpha value is -1.73. The number of hydrogen-bond donors (Lipinski definition) is 1. The van der Waals surface area contributed by atoms with Gasteiger partial charge in [-0.3, -0.25) is 4.98 Å². The summed E-state index contributed by atoms with van der Waals surface area (Å²) < 4.78 is 24.7. The molecule has 1 saturated carbocycles. The van der Waals surface area contributed by atoms with Crippen molar-refractivity contribution in [1.82, 2.24) is 9.88 Å². The molecule has 126 valence electrons. The van der Waals surface area contributed by atoms with Crippen molar-refractivity contribution >= 4 is 34.8 Å². The van der Waals surface area contributed by atoms with Gasteiger partial charge in [-0.1, -0.05) is 11.8 Å². The molecule has 1 aliphatic rings. The summed E-state index contributed by atoms with van der Waals surface area (Å²) in [7, 11) is 0. The van der Waals surface area contributed by atoms with Gasteiger partial charge in [-0.15, -0.1) is 0 Å². The molecule has 0 saturated heterocycles. The van der Waals surface area contributed by atoms with E-state index in [0.717, 1.165) is 30.6 Å². The number of aromatic nitrogens is 1. The molecule has 0 amide bonds. The minimum atomic E-state index is -2.41. The Morgan fingerprint density at radius 3 is 2.46 bits per heavy atom. The number of halogens is 2. The molecule has 1 aliphatic carbocycles. The minimum absolute atomic E-state index is 0.465. The second-order valence-corrected chi connectivity index (χ2v) is 7.00. The summed E-state index contributed by atoms with van der Waals surface area (Å²) in [5.74, 6) is -2.41. The van der Waals surface area contributed by atoms with E-state index >= 15 is 0 Å². The van der Waals surface area contributed by atoms with Crippen LogP contribution in [0, 0.1) is 0 Å². The molecule has 2 aromatic rings. The number of rotatable bonds is 6. The summed E-state index contributed by atoms with van der Waals surface area (Å²) in [4.78, 5) is 6.74. The van der Waals surface area contributed by atoms with Crippen LogP contribution in [-0.2, 0) is 6.54 Å². The van der Waals surface area contributed by atoms with E-state index in [9.17, 15) is 8.78 Å². The molecular weight excluding hydrogens is 348 g/mol. The highest BCUT2D eigenvalue weighted by atomic mass is 32.2. The van der Waals surface area contributed by atoms with Crippen LogP contribution >= 0.6 is 24.0 Å². The molecule has 0 unspecified atom stereocenters. The fraction of sp³-hybridized carbons (Fsp3) is 0.294. The first-order valence-corrected chi connectivity index (χ1v) is 8.92. The molecule has 3 nitrogen and oxygen atoms in total. The van der Waals surface area contributed by atoms with Crippen molar-refractivity contribution in [3.05, 3.63) is 54.4 Å². The fourth-order valence-electron chi connectivity index (χ4n) is 2.35. The SMILES string of the molecule is FC(F)Sc1ccc(NC(=S)N(Cc2ccncc2)C2CC2)cc1. The molecule has 7 heteroatoms. The van der Waals surface area contributed by atoms with Crippen LogP contribution < -0.4 is 5.32 Å². The fourth-order valence-corrected chi connectivity index (χ4v) is 3.18. The Labute approximate surface area is 149 Å². The normalized spacial score (nSPS) is 13.8. The average molecular weight is 365 g/mol. The number of benzene rings is 1. The van der Waals surface area contributed by atoms with Gasteiger partial charge < -0.3 is 10.2 Å². The highest BCUT2D eigenvalue weighted by Gasteiger charge is 2.30. The van der Waals surface area contributed by atoms with Gasteiger partial charge in [0.05, 0.1) is 0 Å². The van der Waals surface area contributed by atoms with Gasteiger partial charge in [0.15, 0.2) is 5.11 Å². The lowest BCUT2D eigenvalue weighted by Crippen LogP contribution is -2.36. The molecule has 1 aromatic heterocycles. The van der Waals surface area contributed by atoms with Crippen molar-refractivity contribution in [3.8, 4) is 0 Å². The predicted molar refractivity (Wildman–Crippen MR) is 97.3 cm³/mol. The van der Waals surface area contributed by atoms with Crippen LogP contribution in [-0.4, -0.2) is 26.8 Å². The largest absolute Gasteiger partial charge is 0.342 e. The molecular formula is C17H17F2N3S2. The molecule has 0 atom stereocenters. The van der Waals surface area contributed by atoms with Crippen LogP contribution in [0.2, 0.25) is 0 Å². The zero-order chi connectivity index (χ0) is 16.9.